The van der Waals surface area contributed by atoms with Gasteiger partial charge in [0.2, 0.25) is 0 Å². The van der Waals surface area contributed by atoms with Crippen molar-refractivity contribution in [2.45, 2.75) is 52.2 Å². The maximum atomic E-state index is 4.39. The number of hydrogen-bond donors (Lipinski definition) is 2. The number of aryl methyl sites for hydroxylation is 1. The second-order valence-corrected chi connectivity index (χ2v) is 7.10. The van der Waals surface area contributed by atoms with Gasteiger partial charge in [0.1, 0.15) is 5.82 Å². The van der Waals surface area contributed by atoms with Crippen LogP contribution in [0.1, 0.15) is 49.9 Å². The first kappa shape index (κ1) is 23.6. The lowest BCUT2D eigenvalue weighted by Gasteiger charge is -2.30. The number of guanidine groups is 1. The van der Waals surface area contributed by atoms with E-state index in [1.165, 1.54) is 18.4 Å². The highest BCUT2D eigenvalue weighted by Crippen LogP contribution is 2.19. The van der Waals surface area contributed by atoms with Gasteiger partial charge in [-0.1, -0.05) is 44.2 Å². The zero-order valence-corrected chi connectivity index (χ0v) is 20.1. The largest absolute Gasteiger partial charge is 0.354 e. The van der Waals surface area contributed by atoms with Crippen molar-refractivity contribution in [3.63, 3.8) is 0 Å². The van der Waals surface area contributed by atoms with Gasteiger partial charge in [0.15, 0.2) is 11.8 Å². The fourth-order valence-corrected chi connectivity index (χ4v) is 3.87. The van der Waals surface area contributed by atoms with E-state index in [2.05, 4.69) is 79.5 Å². The molecule has 0 saturated carbocycles. The SMILES string of the molecule is CCN(CC)C(CNC(=NC)NCc1nnc2n1CCCC2)c1ccccc1.I. The van der Waals surface area contributed by atoms with Crippen LogP contribution in [0.25, 0.3) is 0 Å². The molecule has 3 rings (SSSR count). The van der Waals surface area contributed by atoms with E-state index in [1.807, 2.05) is 7.05 Å². The van der Waals surface area contributed by atoms with Crippen LogP contribution < -0.4 is 10.6 Å². The summed E-state index contributed by atoms with van der Waals surface area (Å²) in [5.74, 6) is 2.89. The third kappa shape index (κ3) is 6.15. The van der Waals surface area contributed by atoms with Gasteiger partial charge in [0.05, 0.1) is 12.6 Å². The normalized spacial score (nSPS) is 14.8. The first-order valence-electron chi connectivity index (χ1n) is 10.4. The molecule has 0 fully saturated rings. The Balaban J connectivity index is 0.00000300. The number of nitrogens with one attached hydrogen (secondary N) is 2. The highest BCUT2D eigenvalue weighted by Gasteiger charge is 2.19. The number of likely N-dealkylation sites (N-methyl/N-ethyl adjacent to an activating group) is 1. The summed E-state index contributed by atoms with van der Waals surface area (Å²) in [5.41, 5.74) is 1.32. The lowest BCUT2D eigenvalue weighted by atomic mass is 10.1. The van der Waals surface area contributed by atoms with Crippen molar-refractivity contribution < 1.29 is 0 Å². The van der Waals surface area contributed by atoms with Crippen LogP contribution in [0.15, 0.2) is 35.3 Å². The second kappa shape index (κ2) is 12.1. The van der Waals surface area contributed by atoms with Gasteiger partial charge >= 0.3 is 0 Å². The van der Waals surface area contributed by atoms with E-state index in [9.17, 15) is 0 Å². The van der Waals surface area contributed by atoms with Gasteiger partial charge in [-0.2, -0.15) is 0 Å². The summed E-state index contributed by atoms with van der Waals surface area (Å²) in [6, 6.07) is 11.0. The summed E-state index contributed by atoms with van der Waals surface area (Å²) in [6.45, 7) is 8.88. The van der Waals surface area contributed by atoms with Crippen LogP contribution in [0.2, 0.25) is 0 Å². The van der Waals surface area contributed by atoms with Gasteiger partial charge < -0.3 is 15.2 Å². The van der Waals surface area contributed by atoms with Crippen LogP contribution in [0.4, 0.5) is 0 Å². The number of halogens is 1. The molecule has 1 atom stereocenters. The molecule has 1 aliphatic heterocycles. The third-order valence-corrected chi connectivity index (χ3v) is 5.47. The minimum atomic E-state index is 0. The van der Waals surface area contributed by atoms with Crippen molar-refractivity contribution in [3.05, 3.63) is 47.5 Å². The lowest BCUT2D eigenvalue weighted by molar-refractivity contribution is 0.219. The summed E-state index contributed by atoms with van der Waals surface area (Å²) >= 11 is 0. The van der Waals surface area contributed by atoms with Gasteiger partial charge in [0.25, 0.3) is 0 Å². The van der Waals surface area contributed by atoms with E-state index < -0.39 is 0 Å². The van der Waals surface area contributed by atoms with Crippen molar-refractivity contribution in [1.82, 2.24) is 30.3 Å². The van der Waals surface area contributed by atoms with E-state index in [-0.39, 0.29) is 24.0 Å². The molecule has 2 N–H and O–H groups in total. The molecule has 0 amide bonds. The first-order chi connectivity index (χ1) is 13.8. The molecule has 29 heavy (non-hydrogen) atoms. The Morgan fingerprint density at radius 2 is 1.90 bits per heavy atom. The standard InChI is InChI=1S/C21H33N7.HI/c1-4-27(5-2)18(17-11-7-6-8-12-17)15-23-21(22-3)24-16-20-26-25-19-13-9-10-14-28(19)20;/h6-8,11-12,18H,4-5,9-10,13-16H2,1-3H3,(H2,22,23,24);1H. The second-order valence-electron chi connectivity index (χ2n) is 7.10. The molecule has 8 heteroatoms. The first-order valence-corrected chi connectivity index (χ1v) is 10.4. The van der Waals surface area contributed by atoms with Gasteiger partial charge in [-0.15, -0.1) is 34.2 Å². The zero-order chi connectivity index (χ0) is 19.8. The molecule has 0 bridgehead atoms. The van der Waals surface area contributed by atoms with Crippen molar-refractivity contribution in [2.75, 3.05) is 26.7 Å². The number of nitrogens with zero attached hydrogens (tertiary/aromatic N) is 5. The molecule has 7 nitrogen and oxygen atoms in total. The smallest absolute Gasteiger partial charge is 0.191 e. The van der Waals surface area contributed by atoms with E-state index in [0.29, 0.717) is 12.6 Å². The average molecular weight is 511 g/mol. The van der Waals surface area contributed by atoms with Crippen molar-refractivity contribution in [2.24, 2.45) is 4.99 Å². The Labute approximate surface area is 191 Å². The molecule has 2 aromatic rings. The molecule has 160 valence electrons. The lowest BCUT2D eigenvalue weighted by Crippen LogP contribution is -2.43. The fourth-order valence-electron chi connectivity index (χ4n) is 3.87. The van der Waals surface area contributed by atoms with Crippen molar-refractivity contribution in [1.29, 1.82) is 0 Å². The number of aliphatic imine (C=N–C) groups is 1. The monoisotopic (exact) mass is 511 g/mol. The Kier molecular flexibility index (Phi) is 9.86. The summed E-state index contributed by atoms with van der Waals surface area (Å²) < 4.78 is 2.24. The number of fused-ring (bicyclic) bond motifs is 1. The molecule has 2 heterocycles. The minimum Gasteiger partial charge on any atom is -0.354 e. The van der Waals surface area contributed by atoms with Crippen LogP contribution in [0, 0.1) is 0 Å². The molecule has 0 radical (unpaired) electrons. The van der Waals surface area contributed by atoms with Crippen LogP contribution in [-0.2, 0) is 19.5 Å². The molecular formula is C21H34IN7. The third-order valence-electron chi connectivity index (χ3n) is 5.47. The van der Waals surface area contributed by atoms with Crippen molar-refractivity contribution >= 4 is 29.9 Å². The molecule has 1 aromatic heterocycles. The van der Waals surface area contributed by atoms with E-state index in [4.69, 9.17) is 0 Å². The highest BCUT2D eigenvalue weighted by molar-refractivity contribution is 14.0. The number of benzene rings is 1. The minimum absolute atomic E-state index is 0. The topological polar surface area (TPSA) is 70.4 Å². The summed E-state index contributed by atoms with van der Waals surface area (Å²) in [5, 5.41) is 15.6. The molecule has 0 saturated heterocycles. The Hall–Kier alpha value is -1.68. The van der Waals surface area contributed by atoms with E-state index in [1.54, 1.807) is 0 Å². The van der Waals surface area contributed by atoms with E-state index in [0.717, 1.165) is 50.2 Å². The van der Waals surface area contributed by atoms with E-state index >= 15 is 0 Å². The average Bonchev–Trinajstić information content (AvgIpc) is 3.17. The summed E-state index contributed by atoms with van der Waals surface area (Å²) in [7, 11) is 1.81. The molecule has 0 aliphatic carbocycles. The zero-order valence-electron chi connectivity index (χ0n) is 17.8. The molecule has 1 aliphatic rings. The maximum Gasteiger partial charge on any atom is 0.191 e. The van der Waals surface area contributed by atoms with Gasteiger partial charge in [-0.3, -0.25) is 9.89 Å². The van der Waals surface area contributed by atoms with Gasteiger partial charge in [-0.05, 0) is 31.5 Å². The van der Waals surface area contributed by atoms with Crippen LogP contribution in [0.3, 0.4) is 0 Å². The van der Waals surface area contributed by atoms with Crippen LogP contribution in [-0.4, -0.2) is 52.3 Å². The summed E-state index contributed by atoms with van der Waals surface area (Å²) in [6.07, 6.45) is 3.44. The predicted molar refractivity (Wildman–Crippen MR) is 129 cm³/mol. The molecule has 1 aromatic carbocycles. The fraction of sp³-hybridized carbons (Fsp3) is 0.571. The quantitative estimate of drug-likeness (QED) is 0.324. The Morgan fingerprint density at radius 3 is 2.59 bits per heavy atom. The molecule has 1 unspecified atom stereocenters. The number of rotatable bonds is 8. The van der Waals surface area contributed by atoms with Gasteiger partial charge in [-0.25, -0.2) is 0 Å². The Morgan fingerprint density at radius 1 is 1.14 bits per heavy atom. The van der Waals surface area contributed by atoms with Crippen LogP contribution >= 0.6 is 24.0 Å². The highest BCUT2D eigenvalue weighted by atomic mass is 127. The van der Waals surface area contributed by atoms with Gasteiger partial charge in [0, 0.05) is 26.6 Å². The van der Waals surface area contributed by atoms with Crippen molar-refractivity contribution in [3.8, 4) is 0 Å². The maximum absolute atomic E-state index is 4.39. The predicted octanol–water partition coefficient (Wildman–Crippen LogP) is 2.98. The molecular weight excluding hydrogens is 477 g/mol. The number of hydrogen-bond acceptors (Lipinski definition) is 4. The molecule has 0 spiro atoms. The Bertz CT molecular complexity index is 756. The summed E-state index contributed by atoms with van der Waals surface area (Å²) in [4.78, 5) is 6.86. The van der Waals surface area contributed by atoms with Crippen LogP contribution in [0.5, 0.6) is 0 Å². The number of aromatic nitrogens is 3.